The molecule has 0 fully saturated rings. The lowest BCUT2D eigenvalue weighted by Gasteiger charge is -2.14. The molecule has 234 valence electrons. The van der Waals surface area contributed by atoms with E-state index in [-0.39, 0.29) is 0 Å². The van der Waals surface area contributed by atoms with Crippen LogP contribution in [0.5, 0.6) is 0 Å². The Bertz CT molecular complexity index is 2830. The molecule has 10 aromatic rings. The number of benzene rings is 6. The Morgan fingerprint density at radius 3 is 2.06 bits per heavy atom. The summed E-state index contributed by atoms with van der Waals surface area (Å²) < 4.78 is 3.96. The van der Waals surface area contributed by atoms with Crippen molar-refractivity contribution in [2.24, 2.45) is 0 Å². The molecule has 0 saturated carbocycles. The minimum Gasteiger partial charge on any atom is -0.277 e. The van der Waals surface area contributed by atoms with Crippen LogP contribution in [0.2, 0.25) is 0 Å². The van der Waals surface area contributed by atoms with Crippen LogP contribution < -0.4 is 0 Å². The smallest absolute Gasteiger partial charge is 0.182 e. The van der Waals surface area contributed by atoms with E-state index in [1.54, 1.807) is 0 Å². The number of pyridine rings is 2. The van der Waals surface area contributed by atoms with Crippen molar-refractivity contribution >= 4 is 38.4 Å². The molecule has 6 aromatic carbocycles. The van der Waals surface area contributed by atoms with Gasteiger partial charge in [0.1, 0.15) is 11.3 Å². The molecule has 4 aromatic heterocycles. The van der Waals surface area contributed by atoms with E-state index in [0.29, 0.717) is 5.82 Å². The van der Waals surface area contributed by atoms with Gasteiger partial charge < -0.3 is 0 Å². The summed E-state index contributed by atoms with van der Waals surface area (Å²) in [6, 6.07) is 55.1. The summed E-state index contributed by atoms with van der Waals surface area (Å²) in [6.07, 6.45) is 3.75. The molecule has 0 aliphatic heterocycles. The summed E-state index contributed by atoms with van der Waals surface area (Å²) in [7, 11) is 0. The summed E-state index contributed by atoms with van der Waals surface area (Å²) in [5.41, 5.74) is 9.94. The van der Waals surface area contributed by atoms with Gasteiger partial charge in [0.05, 0.1) is 0 Å². The summed E-state index contributed by atoms with van der Waals surface area (Å²) in [6.45, 7) is 0. The Labute approximate surface area is 287 Å². The molecule has 50 heavy (non-hydrogen) atoms. The van der Waals surface area contributed by atoms with E-state index < -0.39 is 0 Å². The van der Waals surface area contributed by atoms with Crippen LogP contribution >= 0.6 is 0 Å². The highest BCUT2D eigenvalue weighted by Gasteiger charge is 2.17. The van der Waals surface area contributed by atoms with Gasteiger partial charge in [0.2, 0.25) is 0 Å². The Balaban J connectivity index is 1.15. The van der Waals surface area contributed by atoms with Crippen molar-refractivity contribution < 1.29 is 0 Å². The summed E-state index contributed by atoms with van der Waals surface area (Å²) >= 11 is 0. The fraction of sp³-hybridized carbons (Fsp3) is 0. The molecule has 0 amide bonds. The predicted molar refractivity (Wildman–Crippen MR) is 202 cm³/mol. The number of para-hydroxylation sites is 1. The second-order valence-corrected chi connectivity index (χ2v) is 12.5. The van der Waals surface area contributed by atoms with Gasteiger partial charge >= 0.3 is 0 Å². The van der Waals surface area contributed by atoms with Gasteiger partial charge in [-0.15, -0.1) is 5.10 Å². The van der Waals surface area contributed by atoms with Crippen LogP contribution in [0.25, 0.3) is 89.1 Å². The first-order valence-electron chi connectivity index (χ1n) is 16.6. The van der Waals surface area contributed by atoms with Gasteiger partial charge in [-0.25, -0.2) is 19.5 Å². The fourth-order valence-corrected chi connectivity index (χ4v) is 7.07. The molecule has 6 heteroatoms. The quantitative estimate of drug-likeness (QED) is 0.176. The molecule has 0 radical (unpaired) electrons. The van der Waals surface area contributed by atoms with Crippen molar-refractivity contribution in [2.75, 3.05) is 0 Å². The highest BCUT2D eigenvalue weighted by Crippen LogP contribution is 2.39. The highest BCUT2D eigenvalue weighted by atomic mass is 15.3. The van der Waals surface area contributed by atoms with Crippen molar-refractivity contribution in [2.45, 2.75) is 0 Å². The summed E-state index contributed by atoms with van der Waals surface area (Å²) in [4.78, 5) is 14.6. The number of aromatic nitrogens is 6. The van der Waals surface area contributed by atoms with E-state index in [9.17, 15) is 0 Å². The van der Waals surface area contributed by atoms with Gasteiger partial charge in [-0.3, -0.25) is 4.57 Å². The Hall–Kier alpha value is -6.92. The molecule has 4 heterocycles. The fourth-order valence-electron chi connectivity index (χ4n) is 7.07. The van der Waals surface area contributed by atoms with Crippen LogP contribution in [-0.4, -0.2) is 29.1 Å². The number of imidazole rings is 1. The molecule has 0 spiro atoms. The lowest BCUT2D eigenvalue weighted by molar-refractivity contribution is 0.966. The molecule has 0 aliphatic carbocycles. The van der Waals surface area contributed by atoms with E-state index in [1.165, 1.54) is 27.1 Å². The maximum atomic E-state index is 5.03. The first kappa shape index (κ1) is 28.1. The number of rotatable bonds is 5. The predicted octanol–water partition coefficient (Wildman–Crippen LogP) is 10.4. The van der Waals surface area contributed by atoms with Crippen LogP contribution in [-0.2, 0) is 0 Å². The molecule has 10 rings (SSSR count). The van der Waals surface area contributed by atoms with Crippen molar-refractivity contribution in [3.8, 4) is 50.7 Å². The van der Waals surface area contributed by atoms with Crippen molar-refractivity contribution in [3.05, 3.63) is 170 Å². The second-order valence-electron chi connectivity index (χ2n) is 12.5. The Kier molecular flexibility index (Phi) is 6.39. The molecule has 0 unspecified atom stereocenters. The molecule has 0 saturated heterocycles. The maximum Gasteiger partial charge on any atom is 0.182 e. The second kappa shape index (κ2) is 11.4. The number of hydrogen-bond donors (Lipinski definition) is 0. The summed E-state index contributed by atoms with van der Waals surface area (Å²) in [5, 5.41) is 9.77. The first-order valence-corrected chi connectivity index (χ1v) is 16.6. The molecule has 0 N–H and O–H groups in total. The number of nitrogens with zero attached hydrogens (tertiary/aromatic N) is 6. The van der Waals surface area contributed by atoms with Gasteiger partial charge in [-0.2, -0.15) is 0 Å². The van der Waals surface area contributed by atoms with Gasteiger partial charge in [0.15, 0.2) is 17.1 Å². The van der Waals surface area contributed by atoms with E-state index in [0.717, 1.165) is 56.1 Å². The molecular formula is C44H28N6. The molecule has 0 atom stereocenters. The van der Waals surface area contributed by atoms with Crippen LogP contribution in [0.15, 0.2) is 170 Å². The molecule has 0 aliphatic rings. The van der Waals surface area contributed by atoms with Gasteiger partial charge in [-0.1, -0.05) is 97.1 Å². The standard InChI is InChI=1S/C44H28N6/c1-2-12-35(13-3-1)50-43(46-40-17-10-23-45-44(40)50)30-21-19-29(20-22-30)32-25-33(27-34(26-32)42-47-41-18-8-9-24-49(41)48-42)39-28-31-11-4-5-14-36(31)37-15-6-7-16-38(37)39/h1-28H. The molecule has 6 nitrogen and oxygen atoms in total. The van der Waals surface area contributed by atoms with E-state index in [2.05, 4.69) is 119 Å². The Morgan fingerprint density at radius 1 is 0.480 bits per heavy atom. The van der Waals surface area contributed by atoms with Gasteiger partial charge in [0.25, 0.3) is 0 Å². The molecular weight excluding hydrogens is 613 g/mol. The SMILES string of the molecule is c1ccc(-n2c(-c3ccc(-c4cc(-c5nc6ccccn6n5)cc(-c5cc6ccccc6c6ccccc56)c4)cc3)nc3cccnc32)cc1. The van der Waals surface area contributed by atoms with E-state index in [1.807, 2.05) is 65.4 Å². The van der Waals surface area contributed by atoms with Gasteiger partial charge in [-0.05, 0) is 104 Å². The average molecular weight is 641 g/mol. The Morgan fingerprint density at radius 2 is 1.20 bits per heavy atom. The maximum absolute atomic E-state index is 5.03. The van der Waals surface area contributed by atoms with Crippen LogP contribution in [0.1, 0.15) is 0 Å². The van der Waals surface area contributed by atoms with Crippen molar-refractivity contribution in [1.29, 1.82) is 0 Å². The molecule has 0 bridgehead atoms. The van der Waals surface area contributed by atoms with Crippen molar-refractivity contribution in [3.63, 3.8) is 0 Å². The lowest BCUT2D eigenvalue weighted by Crippen LogP contribution is -1.98. The zero-order chi connectivity index (χ0) is 33.0. The van der Waals surface area contributed by atoms with Crippen LogP contribution in [0, 0.1) is 0 Å². The number of fused-ring (bicyclic) bond motifs is 5. The third-order valence-electron chi connectivity index (χ3n) is 9.42. The average Bonchev–Trinajstić information content (AvgIpc) is 3.80. The lowest BCUT2D eigenvalue weighted by atomic mass is 9.90. The minimum atomic E-state index is 0.685. The largest absolute Gasteiger partial charge is 0.277 e. The third kappa shape index (κ3) is 4.65. The van der Waals surface area contributed by atoms with Crippen LogP contribution in [0.3, 0.4) is 0 Å². The zero-order valence-electron chi connectivity index (χ0n) is 26.8. The van der Waals surface area contributed by atoms with E-state index in [4.69, 9.17) is 15.1 Å². The summed E-state index contributed by atoms with van der Waals surface area (Å²) in [5.74, 6) is 1.53. The normalized spacial score (nSPS) is 11.6. The van der Waals surface area contributed by atoms with E-state index >= 15 is 0 Å². The third-order valence-corrected chi connectivity index (χ3v) is 9.42. The minimum absolute atomic E-state index is 0.685. The topological polar surface area (TPSA) is 60.9 Å². The van der Waals surface area contributed by atoms with Crippen LogP contribution in [0.4, 0.5) is 0 Å². The zero-order valence-corrected chi connectivity index (χ0v) is 26.8. The highest BCUT2D eigenvalue weighted by molar-refractivity contribution is 6.14. The monoisotopic (exact) mass is 640 g/mol. The first-order chi connectivity index (χ1) is 24.8. The van der Waals surface area contributed by atoms with Gasteiger partial charge in [0, 0.05) is 29.2 Å². The van der Waals surface area contributed by atoms with Crippen molar-refractivity contribution in [1.82, 2.24) is 29.1 Å². The number of hydrogen-bond acceptors (Lipinski definition) is 4.